The topological polar surface area (TPSA) is 221 Å². The lowest BCUT2D eigenvalue weighted by atomic mass is 10.0. The van der Waals surface area contributed by atoms with Crippen LogP contribution in [-0.2, 0) is 30.1 Å². The summed E-state index contributed by atoms with van der Waals surface area (Å²) in [5.41, 5.74) is -11.8. The van der Waals surface area contributed by atoms with E-state index < -0.39 is 295 Å². The zero-order chi connectivity index (χ0) is 93.8. The minimum absolute atomic E-state index is 0.0271. The summed E-state index contributed by atoms with van der Waals surface area (Å²) in [4.78, 5) is 21.8. The Bertz CT molecular complexity index is 5780. The second-order valence-corrected chi connectivity index (χ2v) is 32.4. The molecule has 8 bridgehead atoms. The van der Waals surface area contributed by atoms with Crippen molar-refractivity contribution in [1.82, 2.24) is 52.8 Å². The van der Waals surface area contributed by atoms with E-state index in [1.165, 1.54) is 13.8 Å². The van der Waals surface area contributed by atoms with Crippen molar-refractivity contribution in [1.29, 1.82) is 0 Å². The van der Waals surface area contributed by atoms with Gasteiger partial charge in [-0.3, -0.25) is 0 Å². The number of halogens is 42. The molecule has 0 radical (unpaired) electrons. The second kappa shape index (κ2) is 29.1. The fourth-order valence-corrected chi connectivity index (χ4v) is 16.1. The van der Waals surface area contributed by atoms with Gasteiger partial charge in [-0.15, -0.1) is 0 Å². The molecule has 0 aliphatic carbocycles. The van der Waals surface area contributed by atoms with Gasteiger partial charge in [0.1, 0.15) is 22.6 Å². The fourth-order valence-electron chi connectivity index (χ4n) is 11.3. The largest absolute Gasteiger partial charge is 0.459 e. The maximum absolute atomic E-state index is 15.4. The highest BCUT2D eigenvalue weighted by molar-refractivity contribution is 7.89. The molecule has 0 spiro atoms. The lowest BCUT2D eigenvalue weighted by Crippen LogP contribution is -2.62. The number of nitrogens with one attached hydrogen (secondary N) is 2. The van der Waals surface area contributed by atoms with Crippen LogP contribution in [0.15, 0.2) is 69.3 Å². The molecule has 17 nitrogen and oxygen atoms in total. The number of hydrogen-bond donors (Lipinski definition) is 2. The Morgan fingerprint density at radius 3 is 0.738 bits per heavy atom. The first-order chi connectivity index (χ1) is 54.2. The summed E-state index contributed by atoms with van der Waals surface area (Å²) in [7, 11) is -22.0. The summed E-state index contributed by atoms with van der Waals surface area (Å²) >= 11 is 0. The third-order valence-corrected chi connectivity index (χ3v) is 23.7. The number of aryl methyl sites for hydroxylation is 4. The predicted molar refractivity (Wildman–Crippen MR) is 327 cm³/mol. The van der Waals surface area contributed by atoms with Crippen molar-refractivity contribution in [3.63, 3.8) is 0 Å². The minimum atomic E-state index is -7.77. The molecule has 2 aliphatic rings. The molecule has 62 heteroatoms. The van der Waals surface area contributed by atoms with Gasteiger partial charge >= 0.3 is 108 Å². The number of H-pyrrole nitrogens is 2. The van der Waals surface area contributed by atoms with E-state index in [2.05, 4.69) is 34.9 Å². The van der Waals surface area contributed by atoms with Crippen LogP contribution in [0.4, 0.5) is 184 Å². The molecule has 0 saturated carbocycles. The first-order valence-corrected chi connectivity index (χ1v) is 35.8. The Morgan fingerprint density at radius 1 is 0.254 bits per heavy atom. The van der Waals surface area contributed by atoms with Crippen molar-refractivity contribution in [2.45, 2.75) is 151 Å². The zero-order valence-corrected chi connectivity index (χ0v) is 61.0. The Hall–Kier alpha value is -8.97. The molecule has 2 N–H and O–H groups in total. The van der Waals surface area contributed by atoms with Crippen molar-refractivity contribution < 1.29 is 210 Å². The Labute approximate surface area is 647 Å². The summed E-state index contributed by atoms with van der Waals surface area (Å²) in [6.45, 7) is -22.1. The van der Waals surface area contributed by atoms with Gasteiger partial charge in [0.25, 0.3) is 0 Å². The highest BCUT2D eigenvalue weighted by Crippen LogP contribution is 2.56. The average molecular weight is 1900 g/mol. The Morgan fingerprint density at radius 2 is 0.467 bits per heavy atom. The monoisotopic (exact) mass is 1900 g/mol. The van der Waals surface area contributed by atoms with Crippen LogP contribution in [0, 0.1) is 27.7 Å². The van der Waals surface area contributed by atoms with Crippen LogP contribution in [0.1, 0.15) is 22.3 Å². The van der Waals surface area contributed by atoms with Crippen molar-refractivity contribution in [3.8, 4) is 45.6 Å². The third-order valence-electron chi connectivity index (χ3n) is 18.0. The molecule has 2 aliphatic heterocycles. The van der Waals surface area contributed by atoms with Crippen LogP contribution >= 0.6 is 0 Å². The molecule has 7 aromatic rings. The number of fused-ring (bicyclic) bond motifs is 20. The van der Waals surface area contributed by atoms with Crippen LogP contribution in [0.25, 0.3) is 89.7 Å². The maximum atomic E-state index is 15.4. The van der Waals surface area contributed by atoms with Gasteiger partial charge in [-0.25, -0.2) is 55.2 Å². The fraction of sp³-hybridized carbons (Fsp3) is 0.467. The maximum Gasteiger partial charge on any atom is 0.459 e. The Kier molecular flexibility index (Phi) is 23.1. The smallest absolute Gasteiger partial charge is 0.324 e. The van der Waals surface area contributed by atoms with Gasteiger partial charge < -0.3 is 9.97 Å². The average Bonchev–Trinajstić information content (AvgIpc) is 1.56. The van der Waals surface area contributed by atoms with Crippen molar-refractivity contribution >= 4 is 74.2 Å². The van der Waals surface area contributed by atoms with Gasteiger partial charge in [0.15, 0.2) is 23.3 Å². The number of alkyl halides is 42. The first kappa shape index (κ1) is 96.8. The lowest BCUT2D eigenvalue weighted by molar-refractivity contribution is -0.362. The standard InChI is InChI=1S/C60H35F42N11O6S3/c1-20-7-26-27(8-21(20)2)37-105-36(26)103-35-25-6-5-24(120(114,115)111(14-43(61,62)49(73,74)55(85,86)87)15-44(63,64)50(75,76)56(88,89)90)11-30(25)40(104-35)110-42-32-13-34(122(118,119)113(18-47(69,70)53(81,82)59(97,98)99)19-48(71,72)54(83,84)60(100,101)102)23(4)10-29(32)39(109-42)108-41-31-12-33(22(3)9-28(31)38(106-37)107-41)121(116,117)112(16-45(65,66)51(77,78)57(91,92)93)17-46(67,68)52(79,80)58(94,95)96/h5-13H,14-19H2,1-4H3,(H2,103,104,105,106,107,108,109,110). The van der Waals surface area contributed by atoms with Crippen LogP contribution in [0.2, 0.25) is 0 Å². The van der Waals surface area contributed by atoms with Crippen LogP contribution < -0.4 is 0 Å². The van der Waals surface area contributed by atoms with E-state index in [-0.39, 0.29) is 65.2 Å². The molecule has 9 rings (SSSR count). The highest BCUT2D eigenvalue weighted by Gasteiger charge is 2.80. The van der Waals surface area contributed by atoms with Gasteiger partial charge in [-0.2, -0.15) is 197 Å². The van der Waals surface area contributed by atoms with Gasteiger partial charge in [0.2, 0.25) is 30.1 Å². The number of nitrogens with zero attached hydrogens (tertiary/aromatic N) is 9. The molecule has 0 fully saturated rings. The van der Waals surface area contributed by atoms with E-state index in [0.717, 1.165) is 12.1 Å². The number of sulfonamides is 3. The lowest BCUT2D eigenvalue weighted by Gasteiger charge is -2.36. The van der Waals surface area contributed by atoms with Gasteiger partial charge in [0.05, 0.1) is 54.0 Å². The van der Waals surface area contributed by atoms with Crippen LogP contribution in [-0.4, -0.2) is 225 Å². The summed E-state index contributed by atoms with van der Waals surface area (Å²) in [5.74, 6) is -95.4. The number of hydrogen-bond acceptors (Lipinski definition) is 12. The summed E-state index contributed by atoms with van der Waals surface area (Å²) in [6.07, 6.45) is -45.9. The summed E-state index contributed by atoms with van der Waals surface area (Å²) in [5, 5.41) is -3.50. The minimum Gasteiger partial charge on any atom is -0.324 e. The van der Waals surface area contributed by atoms with Crippen molar-refractivity contribution in [3.05, 3.63) is 76.9 Å². The number of rotatable bonds is 24. The highest BCUT2D eigenvalue weighted by atomic mass is 32.2. The molecule has 0 amide bonds. The van der Waals surface area contributed by atoms with Crippen LogP contribution in [0.3, 0.4) is 0 Å². The normalized spacial score (nSPS) is 15.3. The van der Waals surface area contributed by atoms with E-state index in [0.29, 0.717) is 13.0 Å². The van der Waals surface area contributed by atoms with E-state index in [1.54, 1.807) is 0 Å². The van der Waals surface area contributed by atoms with E-state index >= 15 is 52.7 Å². The number of benzene rings is 4. The third kappa shape index (κ3) is 16.0. The SMILES string of the molecule is Cc1cc2c3nc4nc(nc5[nH]c(nc6nc(nc([nH]3)c2cc1C)-c1ccc(S(=O)(=O)N(CC(F)(F)C(F)(F)C(F)(F)F)CC(F)(F)C(F)(F)C(F)(F)F)cc1-6)c1cc(S(=O)(=O)N(CC(F)(F)C(F)(F)C(F)(F)F)CC(F)(F)C(F)(F)C(F)(F)F)c(C)cc51)-c1cc(S(=O)(=O)N(CC(F)(F)C(F)(F)C(F)(F)F)CC(F)(F)C(F)(F)C(F)(F)F)c(C)cc1-4. The molecule has 678 valence electrons. The molecule has 5 heterocycles. The molecule has 3 aromatic heterocycles. The predicted octanol–water partition coefficient (Wildman–Crippen LogP) is 19.1. The van der Waals surface area contributed by atoms with Gasteiger partial charge in [-0.1, -0.05) is 0 Å². The van der Waals surface area contributed by atoms with E-state index in [9.17, 15) is 157 Å². The second-order valence-electron chi connectivity index (χ2n) is 26.6. The van der Waals surface area contributed by atoms with Gasteiger partial charge in [-0.05, 0) is 105 Å². The summed E-state index contributed by atoms with van der Waals surface area (Å²) in [6, 6.07) is 1.69. The van der Waals surface area contributed by atoms with Crippen LogP contribution in [0.5, 0.6) is 0 Å². The molecular formula is C60H35F42N11O6S3. The molecule has 4 aromatic carbocycles. The number of aromatic amines is 2. The molecule has 122 heavy (non-hydrogen) atoms. The molecule has 0 unspecified atom stereocenters. The van der Waals surface area contributed by atoms with E-state index in [4.69, 9.17) is 0 Å². The molecule has 0 saturated heterocycles. The molecular weight excluding hydrogens is 1860 g/mol. The first-order valence-electron chi connectivity index (χ1n) is 31.5. The zero-order valence-electron chi connectivity index (χ0n) is 58.5. The van der Waals surface area contributed by atoms with Crippen molar-refractivity contribution in [2.24, 2.45) is 0 Å². The Balaban J connectivity index is 1.47. The van der Waals surface area contributed by atoms with E-state index in [1.807, 2.05) is 4.98 Å². The van der Waals surface area contributed by atoms with Gasteiger partial charge in [0, 0.05) is 43.8 Å². The summed E-state index contributed by atoms with van der Waals surface area (Å²) < 4.78 is 683. The van der Waals surface area contributed by atoms with Crippen molar-refractivity contribution in [2.75, 3.05) is 39.3 Å². The molecule has 0 atom stereocenters. The quantitative estimate of drug-likeness (QED) is 0.0540. The number of aromatic nitrogens is 8.